The first-order chi connectivity index (χ1) is 12.1. The molecule has 1 aliphatic carbocycles. The molecule has 1 heterocycles. The van der Waals surface area contributed by atoms with Crippen LogP contribution in [0, 0.1) is 20.9 Å². The lowest BCUT2D eigenvalue weighted by Crippen LogP contribution is -2.39. The molecular weight excluding hydrogens is 336 g/mol. The summed E-state index contributed by atoms with van der Waals surface area (Å²) in [5.74, 6) is -0.925. The van der Waals surface area contributed by atoms with Crippen molar-refractivity contribution in [3.63, 3.8) is 0 Å². The zero-order valence-electron chi connectivity index (χ0n) is 15.4. The molecule has 1 aliphatic heterocycles. The van der Waals surface area contributed by atoms with E-state index in [-0.39, 0.29) is 40.6 Å². The van der Waals surface area contributed by atoms with Crippen molar-refractivity contribution in [2.75, 3.05) is 13.2 Å². The van der Waals surface area contributed by atoms with E-state index in [0.29, 0.717) is 6.54 Å². The van der Waals surface area contributed by atoms with Crippen LogP contribution in [0.4, 0.5) is 5.69 Å². The van der Waals surface area contributed by atoms with E-state index in [1.54, 1.807) is 0 Å². The van der Waals surface area contributed by atoms with E-state index >= 15 is 0 Å². The lowest BCUT2D eigenvalue weighted by molar-refractivity contribution is -0.384. The summed E-state index contributed by atoms with van der Waals surface area (Å²) in [7, 11) is 0. The Hall–Kier alpha value is -2.44. The molecule has 2 aliphatic rings. The first kappa shape index (κ1) is 18.4. The molecule has 0 spiro atoms. The molecule has 140 valence electrons. The molecular formula is C19H24N2O5. The number of carbonyl (C=O) groups is 2. The molecule has 0 N–H and O–H groups in total. The summed E-state index contributed by atoms with van der Waals surface area (Å²) in [6.07, 6.45) is 3.02. The fourth-order valence-electron chi connectivity index (χ4n) is 4.79. The van der Waals surface area contributed by atoms with Crippen LogP contribution in [0.5, 0.6) is 0 Å². The van der Waals surface area contributed by atoms with Crippen LogP contribution in [-0.2, 0) is 9.53 Å². The van der Waals surface area contributed by atoms with Crippen LogP contribution in [0.25, 0.3) is 0 Å². The standard InChI is InChI=1S/C19H24N2O5/c1-18(2)8-15-9-19(3,11-18)12-20(15)16(22)10-26-17(23)13-5-4-6-14(7-13)21(24)25/h4-7,15H,8-12H2,1-3H3/t15-,19+/m0/s1. The van der Waals surface area contributed by atoms with Crippen molar-refractivity contribution < 1.29 is 19.2 Å². The molecule has 2 bridgehead atoms. The maximum Gasteiger partial charge on any atom is 0.338 e. The van der Waals surface area contributed by atoms with Crippen LogP contribution in [-0.4, -0.2) is 40.9 Å². The lowest BCUT2D eigenvalue weighted by Gasteiger charge is -2.39. The van der Waals surface area contributed by atoms with Gasteiger partial charge >= 0.3 is 5.97 Å². The molecule has 1 saturated heterocycles. The number of esters is 1. The Balaban J connectivity index is 1.62. The summed E-state index contributed by atoms with van der Waals surface area (Å²) in [6, 6.07) is 5.50. The second-order valence-corrected chi connectivity index (χ2v) is 8.62. The third kappa shape index (κ3) is 3.71. The van der Waals surface area contributed by atoms with Gasteiger partial charge in [0.05, 0.1) is 10.5 Å². The number of carbonyl (C=O) groups excluding carboxylic acids is 2. The first-order valence-electron chi connectivity index (χ1n) is 8.80. The van der Waals surface area contributed by atoms with Crippen LogP contribution in [0.1, 0.15) is 50.4 Å². The Kier molecular flexibility index (Phi) is 4.50. The van der Waals surface area contributed by atoms with Gasteiger partial charge in [0.25, 0.3) is 11.6 Å². The summed E-state index contributed by atoms with van der Waals surface area (Å²) in [5.41, 5.74) is 0.202. The minimum Gasteiger partial charge on any atom is -0.452 e. The van der Waals surface area contributed by atoms with E-state index in [9.17, 15) is 19.7 Å². The summed E-state index contributed by atoms with van der Waals surface area (Å²) >= 11 is 0. The van der Waals surface area contributed by atoms with E-state index in [1.807, 2.05) is 4.90 Å². The molecule has 0 unspecified atom stereocenters. The van der Waals surface area contributed by atoms with Crippen LogP contribution < -0.4 is 0 Å². The fourth-order valence-corrected chi connectivity index (χ4v) is 4.79. The maximum atomic E-state index is 12.6. The Morgan fingerprint density at radius 1 is 1.31 bits per heavy atom. The van der Waals surface area contributed by atoms with Gasteiger partial charge in [-0.15, -0.1) is 0 Å². The van der Waals surface area contributed by atoms with Gasteiger partial charge in [0.15, 0.2) is 6.61 Å². The fraction of sp³-hybridized carbons (Fsp3) is 0.579. The van der Waals surface area contributed by atoms with Gasteiger partial charge in [0.2, 0.25) is 0 Å². The van der Waals surface area contributed by atoms with Crippen LogP contribution in [0.3, 0.4) is 0 Å². The lowest BCUT2D eigenvalue weighted by atomic mass is 9.65. The monoisotopic (exact) mass is 360 g/mol. The van der Waals surface area contributed by atoms with E-state index < -0.39 is 10.9 Å². The second kappa shape index (κ2) is 6.37. The third-order valence-corrected chi connectivity index (χ3v) is 5.35. The predicted molar refractivity (Wildman–Crippen MR) is 94.6 cm³/mol. The van der Waals surface area contributed by atoms with Crippen molar-refractivity contribution in [1.29, 1.82) is 0 Å². The minimum atomic E-state index is -0.726. The Morgan fingerprint density at radius 3 is 2.73 bits per heavy atom. The Morgan fingerprint density at radius 2 is 2.04 bits per heavy atom. The van der Waals surface area contributed by atoms with Crippen molar-refractivity contribution >= 4 is 17.6 Å². The number of nitro groups is 1. The van der Waals surface area contributed by atoms with Crippen molar-refractivity contribution in [3.05, 3.63) is 39.9 Å². The van der Waals surface area contributed by atoms with E-state index in [2.05, 4.69) is 20.8 Å². The molecule has 1 aromatic rings. The number of nitro benzene ring substituents is 1. The molecule has 2 atom stereocenters. The van der Waals surface area contributed by atoms with Crippen LogP contribution in [0.2, 0.25) is 0 Å². The van der Waals surface area contributed by atoms with E-state index in [4.69, 9.17) is 4.74 Å². The molecule has 0 aromatic heterocycles. The van der Waals surface area contributed by atoms with Gasteiger partial charge in [-0.3, -0.25) is 14.9 Å². The van der Waals surface area contributed by atoms with Gasteiger partial charge in [-0.2, -0.15) is 0 Å². The summed E-state index contributed by atoms with van der Waals surface area (Å²) in [6.45, 7) is 7.02. The number of benzene rings is 1. The van der Waals surface area contributed by atoms with Crippen molar-refractivity contribution in [3.8, 4) is 0 Å². The van der Waals surface area contributed by atoms with Crippen LogP contribution in [0.15, 0.2) is 24.3 Å². The van der Waals surface area contributed by atoms with Crippen LogP contribution >= 0.6 is 0 Å². The zero-order chi connectivity index (χ0) is 19.1. The molecule has 2 fully saturated rings. The summed E-state index contributed by atoms with van der Waals surface area (Å²) in [5, 5.41) is 10.8. The number of hydrogen-bond acceptors (Lipinski definition) is 5. The van der Waals surface area contributed by atoms with E-state index in [1.165, 1.54) is 18.2 Å². The topological polar surface area (TPSA) is 89.8 Å². The minimum absolute atomic E-state index is 0.0697. The average Bonchev–Trinajstić information content (AvgIpc) is 2.81. The molecule has 3 rings (SSSR count). The number of fused-ring (bicyclic) bond motifs is 2. The van der Waals surface area contributed by atoms with E-state index in [0.717, 1.165) is 25.3 Å². The average molecular weight is 360 g/mol. The number of nitrogens with zero attached hydrogens (tertiary/aromatic N) is 2. The largest absolute Gasteiger partial charge is 0.452 e. The Bertz CT molecular complexity index is 760. The number of amides is 1. The number of hydrogen-bond donors (Lipinski definition) is 0. The number of rotatable bonds is 4. The predicted octanol–water partition coefficient (Wildman–Crippen LogP) is 3.18. The normalized spacial score (nSPS) is 26.4. The highest BCUT2D eigenvalue weighted by molar-refractivity contribution is 5.92. The number of non-ortho nitro benzene ring substituents is 1. The molecule has 1 aromatic carbocycles. The summed E-state index contributed by atoms with van der Waals surface area (Å²) < 4.78 is 5.12. The molecule has 0 radical (unpaired) electrons. The highest BCUT2D eigenvalue weighted by Crippen LogP contribution is 2.52. The second-order valence-electron chi connectivity index (χ2n) is 8.62. The van der Waals surface area contributed by atoms with Crippen molar-refractivity contribution in [2.45, 2.75) is 46.1 Å². The van der Waals surface area contributed by atoms with Gasteiger partial charge in [0.1, 0.15) is 0 Å². The molecule has 7 heteroatoms. The maximum absolute atomic E-state index is 12.6. The molecule has 26 heavy (non-hydrogen) atoms. The summed E-state index contributed by atoms with van der Waals surface area (Å²) in [4.78, 5) is 36.8. The SMILES string of the molecule is CC1(C)C[C@H]2C[C@@](C)(CN2C(=O)COC(=O)c2cccc([N+](=O)[O-])c2)C1. The third-order valence-electron chi connectivity index (χ3n) is 5.35. The highest BCUT2D eigenvalue weighted by Gasteiger charge is 2.50. The number of likely N-dealkylation sites (tertiary alicyclic amines) is 1. The smallest absolute Gasteiger partial charge is 0.338 e. The van der Waals surface area contributed by atoms with Gasteiger partial charge in [-0.1, -0.05) is 26.8 Å². The van der Waals surface area contributed by atoms with Gasteiger partial charge in [-0.05, 0) is 36.2 Å². The molecule has 7 nitrogen and oxygen atoms in total. The highest BCUT2D eigenvalue weighted by atomic mass is 16.6. The quantitative estimate of drug-likeness (QED) is 0.467. The van der Waals surface area contributed by atoms with Gasteiger partial charge in [-0.25, -0.2) is 4.79 Å². The first-order valence-corrected chi connectivity index (χ1v) is 8.80. The van der Waals surface area contributed by atoms with Gasteiger partial charge in [0, 0.05) is 24.7 Å². The zero-order valence-corrected chi connectivity index (χ0v) is 15.4. The van der Waals surface area contributed by atoms with Crippen molar-refractivity contribution in [2.24, 2.45) is 10.8 Å². The number of ether oxygens (including phenoxy) is 1. The van der Waals surface area contributed by atoms with Gasteiger partial charge < -0.3 is 9.64 Å². The van der Waals surface area contributed by atoms with Crippen molar-refractivity contribution in [1.82, 2.24) is 4.90 Å². The molecule has 1 amide bonds. The Labute approximate surface area is 152 Å². The molecule has 1 saturated carbocycles.